The summed E-state index contributed by atoms with van der Waals surface area (Å²) in [5, 5.41) is 0. The molecule has 2 aliphatic heterocycles. The van der Waals surface area contributed by atoms with Gasteiger partial charge in [-0.25, -0.2) is 4.39 Å². The third-order valence-corrected chi connectivity index (χ3v) is 4.73. The van der Waals surface area contributed by atoms with Crippen LogP contribution in [0.3, 0.4) is 0 Å². The quantitative estimate of drug-likeness (QED) is 0.765. The van der Waals surface area contributed by atoms with Crippen LogP contribution < -0.4 is 0 Å². The number of rotatable bonds is 2. The van der Waals surface area contributed by atoms with Gasteiger partial charge in [0.1, 0.15) is 5.82 Å². The molecule has 18 heavy (non-hydrogen) atoms. The number of hydrogen-bond acceptors (Lipinski definition) is 1. The maximum absolute atomic E-state index is 13.0. The molecule has 2 saturated heterocycles. The molecule has 3 rings (SSSR count). The van der Waals surface area contributed by atoms with Crippen LogP contribution in [0.1, 0.15) is 51.0 Å². The Morgan fingerprint density at radius 1 is 1.06 bits per heavy atom. The molecule has 2 heterocycles. The molecule has 0 aromatic heterocycles. The second-order valence-corrected chi connectivity index (χ2v) is 6.15. The SMILES string of the molecule is CC(C)N1C2CCC1CC(c1ccc(F)cc1)C2. The molecule has 0 saturated carbocycles. The Hall–Kier alpha value is -0.890. The van der Waals surface area contributed by atoms with Crippen molar-refractivity contribution >= 4 is 0 Å². The molecule has 1 aromatic rings. The van der Waals surface area contributed by atoms with Gasteiger partial charge in [0, 0.05) is 18.1 Å². The van der Waals surface area contributed by atoms with Gasteiger partial charge in [0.15, 0.2) is 0 Å². The molecule has 98 valence electrons. The second kappa shape index (κ2) is 4.65. The predicted octanol–water partition coefficient (Wildman–Crippen LogP) is 3.94. The van der Waals surface area contributed by atoms with Crippen LogP contribution >= 0.6 is 0 Å². The molecule has 0 spiro atoms. The molecule has 2 atom stereocenters. The number of halogens is 1. The Labute approximate surface area is 109 Å². The third-order valence-electron chi connectivity index (χ3n) is 4.73. The highest BCUT2D eigenvalue weighted by molar-refractivity contribution is 5.22. The summed E-state index contributed by atoms with van der Waals surface area (Å²) in [5.74, 6) is 0.513. The van der Waals surface area contributed by atoms with Crippen LogP contribution in [0.4, 0.5) is 4.39 Å². The Morgan fingerprint density at radius 3 is 2.11 bits per heavy atom. The van der Waals surface area contributed by atoms with Crippen LogP contribution in [0.5, 0.6) is 0 Å². The van der Waals surface area contributed by atoms with Gasteiger partial charge >= 0.3 is 0 Å². The molecule has 2 bridgehead atoms. The van der Waals surface area contributed by atoms with E-state index in [4.69, 9.17) is 0 Å². The molecule has 1 nitrogen and oxygen atoms in total. The number of fused-ring (bicyclic) bond motifs is 2. The van der Waals surface area contributed by atoms with Crippen LogP contribution in [0, 0.1) is 5.82 Å². The molecule has 1 aromatic carbocycles. The average Bonchev–Trinajstić information content (AvgIpc) is 2.62. The number of benzene rings is 1. The van der Waals surface area contributed by atoms with Gasteiger partial charge in [0.2, 0.25) is 0 Å². The van der Waals surface area contributed by atoms with E-state index in [1.54, 1.807) is 12.1 Å². The lowest BCUT2D eigenvalue weighted by molar-refractivity contribution is 0.0925. The van der Waals surface area contributed by atoms with Gasteiger partial charge in [0.05, 0.1) is 0 Å². The van der Waals surface area contributed by atoms with Crippen LogP contribution in [0.25, 0.3) is 0 Å². The molecular weight excluding hydrogens is 225 g/mol. The summed E-state index contributed by atoms with van der Waals surface area (Å²) >= 11 is 0. The lowest BCUT2D eigenvalue weighted by atomic mass is 9.84. The summed E-state index contributed by atoms with van der Waals surface area (Å²) in [5.41, 5.74) is 1.33. The van der Waals surface area contributed by atoms with Crippen LogP contribution in [-0.4, -0.2) is 23.0 Å². The van der Waals surface area contributed by atoms with Crippen molar-refractivity contribution in [1.82, 2.24) is 4.90 Å². The molecule has 0 N–H and O–H groups in total. The third kappa shape index (κ3) is 2.07. The van der Waals surface area contributed by atoms with E-state index in [1.807, 2.05) is 12.1 Å². The van der Waals surface area contributed by atoms with E-state index in [0.29, 0.717) is 12.0 Å². The van der Waals surface area contributed by atoms with Crippen LogP contribution in [-0.2, 0) is 0 Å². The molecule has 2 fully saturated rings. The van der Waals surface area contributed by atoms with Crippen molar-refractivity contribution in [3.63, 3.8) is 0 Å². The fourth-order valence-electron chi connectivity index (χ4n) is 4.06. The summed E-state index contributed by atoms with van der Waals surface area (Å²) < 4.78 is 13.0. The number of hydrogen-bond donors (Lipinski definition) is 0. The topological polar surface area (TPSA) is 3.24 Å². The van der Waals surface area contributed by atoms with Gasteiger partial charge in [0.25, 0.3) is 0 Å². The number of piperidine rings is 1. The summed E-state index contributed by atoms with van der Waals surface area (Å²) in [6, 6.07) is 9.32. The minimum Gasteiger partial charge on any atom is -0.295 e. The Balaban J connectivity index is 1.77. The fourth-order valence-corrected chi connectivity index (χ4v) is 4.06. The molecule has 0 amide bonds. The van der Waals surface area contributed by atoms with Crippen molar-refractivity contribution in [2.75, 3.05) is 0 Å². The van der Waals surface area contributed by atoms with Crippen molar-refractivity contribution in [3.05, 3.63) is 35.6 Å². The highest BCUT2D eigenvalue weighted by Crippen LogP contribution is 2.43. The second-order valence-electron chi connectivity index (χ2n) is 6.15. The highest BCUT2D eigenvalue weighted by atomic mass is 19.1. The van der Waals surface area contributed by atoms with E-state index < -0.39 is 0 Å². The van der Waals surface area contributed by atoms with Crippen LogP contribution in [0.15, 0.2) is 24.3 Å². The first-order valence-electron chi connectivity index (χ1n) is 7.18. The minimum absolute atomic E-state index is 0.124. The summed E-state index contributed by atoms with van der Waals surface area (Å²) in [4.78, 5) is 2.71. The summed E-state index contributed by atoms with van der Waals surface area (Å²) in [6.45, 7) is 4.62. The van der Waals surface area contributed by atoms with Gasteiger partial charge in [-0.2, -0.15) is 0 Å². The van der Waals surface area contributed by atoms with Crippen molar-refractivity contribution in [2.45, 2.75) is 63.6 Å². The maximum atomic E-state index is 13.0. The monoisotopic (exact) mass is 247 g/mol. The first kappa shape index (κ1) is 12.2. The smallest absolute Gasteiger partial charge is 0.123 e. The number of nitrogens with zero attached hydrogens (tertiary/aromatic N) is 1. The molecule has 2 aliphatic rings. The zero-order valence-corrected chi connectivity index (χ0v) is 11.3. The first-order chi connectivity index (χ1) is 8.65. The van der Waals surface area contributed by atoms with Crippen molar-refractivity contribution in [3.8, 4) is 0 Å². The zero-order chi connectivity index (χ0) is 12.7. The Kier molecular flexibility index (Phi) is 3.14. The average molecular weight is 247 g/mol. The van der Waals surface area contributed by atoms with E-state index in [9.17, 15) is 4.39 Å². The molecule has 2 unspecified atom stereocenters. The fraction of sp³-hybridized carbons (Fsp3) is 0.625. The Morgan fingerprint density at radius 2 is 1.61 bits per heavy atom. The largest absolute Gasteiger partial charge is 0.295 e. The Bertz CT molecular complexity index is 398. The van der Waals surface area contributed by atoms with E-state index in [0.717, 1.165) is 12.1 Å². The van der Waals surface area contributed by atoms with Crippen LogP contribution in [0.2, 0.25) is 0 Å². The van der Waals surface area contributed by atoms with E-state index in [2.05, 4.69) is 18.7 Å². The van der Waals surface area contributed by atoms with Crippen molar-refractivity contribution < 1.29 is 4.39 Å². The van der Waals surface area contributed by atoms with Gasteiger partial charge in [-0.3, -0.25) is 4.90 Å². The maximum Gasteiger partial charge on any atom is 0.123 e. The van der Waals surface area contributed by atoms with E-state index in [1.165, 1.54) is 31.2 Å². The standard InChI is InChI=1S/C16H22FN/c1-11(2)18-15-7-8-16(18)10-13(9-15)12-3-5-14(17)6-4-12/h3-6,11,13,15-16H,7-10H2,1-2H3. The van der Waals surface area contributed by atoms with Gasteiger partial charge in [-0.15, -0.1) is 0 Å². The zero-order valence-electron chi connectivity index (χ0n) is 11.3. The minimum atomic E-state index is -0.124. The highest BCUT2D eigenvalue weighted by Gasteiger charge is 2.41. The molecule has 2 heteroatoms. The van der Waals surface area contributed by atoms with Gasteiger partial charge in [-0.1, -0.05) is 12.1 Å². The predicted molar refractivity (Wildman–Crippen MR) is 72.2 cm³/mol. The lowest BCUT2D eigenvalue weighted by Crippen LogP contribution is -2.46. The van der Waals surface area contributed by atoms with Crippen molar-refractivity contribution in [1.29, 1.82) is 0 Å². The van der Waals surface area contributed by atoms with Gasteiger partial charge < -0.3 is 0 Å². The molecule has 0 radical (unpaired) electrons. The van der Waals surface area contributed by atoms with E-state index >= 15 is 0 Å². The lowest BCUT2D eigenvalue weighted by Gasteiger charge is -2.41. The molecular formula is C16H22FN. The van der Waals surface area contributed by atoms with E-state index in [-0.39, 0.29) is 5.82 Å². The summed E-state index contributed by atoms with van der Waals surface area (Å²) in [7, 11) is 0. The van der Waals surface area contributed by atoms with Gasteiger partial charge in [-0.05, 0) is 63.1 Å². The molecule has 0 aliphatic carbocycles. The summed E-state index contributed by atoms with van der Waals surface area (Å²) in [6.07, 6.45) is 5.20. The normalized spacial score (nSPS) is 32.1. The first-order valence-corrected chi connectivity index (χ1v) is 7.18. The van der Waals surface area contributed by atoms with Crippen molar-refractivity contribution in [2.24, 2.45) is 0 Å².